The third-order valence-electron chi connectivity index (χ3n) is 9.13. The maximum Gasteiger partial charge on any atom is 0.303 e. The van der Waals surface area contributed by atoms with Crippen molar-refractivity contribution in [1.82, 2.24) is 20.6 Å². The Morgan fingerprint density at radius 2 is 1.90 bits per heavy atom. The van der Waals surface area contributed by atoms with Crippen LogP contribution >= 0.6 is 0 Å². The molecule has 7 rings (SSSR count). The van der Waals surface area contributed by atoms with E-state index in [1.807, 2.05) is 56.3 Å². The molecule has 0 aliphatic carbocycles. The van der Waals surface area contributed by atoms with Crippen LogP contribution in [0.4, 0.5) is 5.69 Å². The molecule has 2 aromatic heterocycles. The van der Waals surface area contributed by atoms with Crippen LogP contribution in [0.2, 0.25) is 0 Å². The Kier molecular flexibility index (Phi) is 7.74. The summed E-state index contributed by atoms with van der Waals surface area (Å²) in [6.07, 6.45) is -0.378. The lowest BCUT2D eigenvalue weighted by Crippen LogP contribution is -2.52. The van der Waals surface area contributed by atoms with Gasteiger partial charge in [0.15, 0.2) is 17.7 Å². The molecule has 2 unspecified atom stereocenters. The van der Waals surface area contributed by atoms with E-state index in [0.29, 0.717) is 22.9 Å². The minimum absolute atomic E-state index is 0.0877. The summed E-state index contributed by atoms with van der Waals surface area (Å²) in [6.45, 7) is 8.53. The lowest BCUT2D eigenvalue weighted by molar-refractivity contribution is -0.142. The average molecular weight is 656 g/mol. The van der Waals surface area contributed by atoms with Crippen LogP contribution in [-0.4, -0.2) is 51.2 Å². The molecule has 4 bridgehead atoms. The second-order valence-corrected chi connectivity index (χ2v) is 13.2. The number of anilines is 1. The summed E-state index contributed by atoms with van der Waals surface area (Å²) in [5.74, 6) is -0.742. The molecule has 3 aliphatic rings. The molecule has 1 spiro atoms. The van der Waals surface area contributed by atoms with Gasteiger partial charge in [0.2, 0.25) is 23.6 Å². The van der Waals surface area contributed by atoms with Crippen molar-refractivity contribution in [2.75, 3.05) is 5.32 Å². The lowest BCUT2D eigenvalue weighted by atomic mass is 9.72. The van der Waals surface area contributed by atoms with Crippen molar-refractivity contribution >= 4 is 23.5 Å². The summed E-state index contributed by atoms with van der Waals surface area (Å²) in [5, 5.41) is 19.9. The Labute approximate surface area is 276 Å². The first-order valence-electron chi connectivity index (χ1n) is 16.0. The van der Waals surface area contributed by atoms with Gasteiger partial charge in [0, 0.05) is 24.6 Å². The van der Waals surface area contributed by atoms with Gasteiger partial charge in [-0.25, -0.2) is 9.97 Å². The number of hydrogen-bond donors (Lipinski definition) is 4. The SMILES string of the molecule is CC(=O)OCc1coc(-c2nc3oc2[C@@]24c5ccccc5NC2Oc2ccc(cc24)C[C@H](NC(=O)[C@@H](O)C(C)C)C(=O)NC3C(C)C)n1. The second-order valence-electron chi connectivity index (χ2n) is 13.2. The summed E-state index contributed by atoms with van der Waals surface area (Å²) < 4.78 is 24.4. The highest BCUT2D eigenvalue weighted by Crippen LogP contribution is 2.59. The number of nitrogens with zero attached hydrogens (tertiary/aromatic N) is 2. The molecule has 0 fully saturated rings. The van der Waals surface area contributed by atoms with Crippen LogP contribution in [0.25, 0.3) is 11.6 Å². The molecule has 13 heteroatoms. The second kappa shape index (κ2) is 11.8. The highest BCUT2D eigenvalue weighted by molar-refractivity contribution is 5.90. The number of amides is 2. The molecule has 0 saturated carbocycles. The van der Waals surface area contributed by atoms with Crippen molar-refractivity contribution < 1.29 is 37.8 Å². The van der Waals surface area contributed by atoms with Crippen molar-refractivity contribution in [2.24, 2.45) is 11.8 Å². The van der Waals surface area contributed by atoms with Gasteiger partial charge in [0.05, 0.1) is 0 Å². The Morgan fingerprint density at radius 3 is 2.65 bits per heavy atom. The number of aliphatic hydroxyl groups excluding tert-OH is 1. The predicted octanol–water partition coefficient (Wildman–Crippen LogP) is 3.74. The van der Waals surface area contributed by atoms with E-state index in [1.165, 1.54) is 13.2 Å². The van der Waals surface area contributed by atoms with E-state index in [9.17, 15) is 19.5 Å². The van der Waals surface area contributed by atoms with Crippen molar-refractivity contribution in [3.8, 4) is 17.3 Å². The van der Waals surface area contributed by atoms with Crippen molar-refractivity contribution in [1.29, 1.82) is 0 Å². The first-order valence-corrected chi connectivity index (χ1v) is 16.0. The first kappa shape index (κ1) is 31.4. The van der Waals surface area contributed by atoms with Crippen LogP contribution in [0.3, 0.4) is 0 Å². The van der Waals surface area contributed by atoms with Crippen molar-refractivity contribution in [3.05, 3.63) is 82.8 Å². The molecule has 3 aliphatic heterocycles. The van der Waals surface area contributed by atoms with Crippen LogP contribution in [-0.2, 0) is 37.6 Å². The van der Waals surface area contributed by atoms with Crippen LogP contribution in [0.15, 0.2) is 57.6 Å². The largest absolute Gasteiger partial charge is 0.469 e. The molecule has 48 heavy (non-hydrogen) atoms. The molecule has 2 amide bonds. The zero-order chi connectivity index (χ0) is 33.9. The number of hydrogen-bond acceptors (Lipinski definition) is 11. The van der Waals surface area contributed by atoms with Gasteiger partial charge in [0.25, 0.3) is 0 Å². The molecule has 4 aromatic rings. The molecule has 0 saturated heterocycles. The molecule has 5 heterocycles. The molecule has 250 valence electrons. The molecule has 0 radical (unpaired) electrons. The fraction of sp³-hybridized carbons (Fsp3) is 0.400. The van der Waals surface area contributed by atoms with Crippen LogP contribution < -0.4 is 20.7 Å². The smallest absolute Gasteiger partial charge is 0.303 e. The number of fused-ring (bicyclic) bond motifs is 4. The third kappa shape index (κ3) is 5.09. The molecule has 4 N–H and O–H groups in total. The van der Waals surface area contributed by atoms with Gasteiger partial charge < -0.3 is 39.4 Å². The van der Waals surface area contributed by atoms with E-state index in [-0.39, 0.29) is 36.6 Å². The van der Waals surface area contributed by atoms with E-state index in [0.717, 1.165) is 22.4 Å². The summed E-state index contributed by atoms with van der Waals surface area (Å²) in [4.78, 5) is 48.1. The molecule has 5 atom stereocenters. The number of carbonyl (C=O) groups is 3. The number of carbonyl (C=O) groups excluding carboxylic acids is 3. The van der Waals surface area contributed by atoms with Gasteiger partial charge in [-0.15, -0.1) is 0 Å². The van der Waals surface area contributed by atoms with E-state index >= 15 is 0 Å². The van der Waals surface area contributed by atoms with Crippen LogP contribution in [0.5, 0.6) is 5.75 Å². The van der Waals surface area contributed by atoms with E-state index in [1.54, 1.807) is 13.8 Å². The minimum atomic E-state index is -1.29. The van der Waals surface area contributed by atoms with E-state index in [2.05, 4.69) is 20.9 Å². The highest BCUT2D eigenvalue weighted by atomic mass is 16.5. The Morgan fingerprint density at radius 1 is 1.10 bits per heavy atom. The van der Waals surface area contributed by atoms with Gasteiger partial charge in [-0.1, -0.05) is 58.0 Å². The number of aromatic nitrogens is 2. The normalized spacial score (nSPS) is 22.8. The molecular formula is C35H37N5O8. The summed E-state index contributed by atoms with van der Waals surface area (Å²) >= 11 is 0. The number of ether oxygens (including phenoxy) is 2. The zero-order valence-corrected chi connectivity index (χ0v) is 27.2. The van der Waals surface area contributed by atoms with E-state index < -0.39 is 47.6 Å². The van der Waals surface area contributed by atoms with Crippen molar-refractivity contribution in [3.63, 3.8) is 0 Å². The standard InChI is InChI=1S/C35H37N5O8/c1-16(2)26-33-40-27(32-36-20(15-46-32)14-45-18(5)41)29(48-33)35-21-8-6-7-9-23(21)38-34(35)47-25-11-10-19(12-22(25)35)13-24(30(43)39-26)37-31(44)28(42)17(3)4/h6-12,15-17,24,26,28,34,38,42H,13-14H2,1-5H3,(H,37,44)(H,39,43)/t24-,26?,28-,34?,35-/m0/s1. The van der Waals surface area contributed by atoms with E-state index in [4.69, 9.17) is 23.3 Å². The number of rotatable bonds is 7. The number of nitrogens with one attached hydrogen (secondary N) is 3. The number of oxazole rings is 2. The number of para-hydroxylation sites is 1. The monoisotopic (exact) mass is 655 g/mol. The Balaban J connectivity index is 1.45. The topological polar surface area (TPSA) is 178 Å². The summed E-state index contributed by atoms with van der Waals surface area (Å²) in [5.41, 5.74) is 2.87. The zero-order valence-electron chi connectivity index (χ0n) is 27.2. The summed E-state index contributed by atoms with van der Waals surface area (Å²) in [6, 6.07) is 11.8. The van der Waals surface area contributed by atoms with Gasteiger partial charge in [0.1, 0.15) is 47.9 Å². The first-order chi connectivity index (χ1) is 23.0. The predicted molar refractivity (Wildman–Crippen MR) is 170 cm³/mol. The number of aliphatic hydroxyl groups is 1. The molecular weight excluding hydrogens is 618 g/mol. The minimum Gasteiger partial charge on any atom is -0.469 e. The fourth-order valence-corrected chi connectivity index (χ4v) is 6.67. The van der Waals surface area contributed by atoms with Crippen LogP contribution in [0, 0.1) is 11.8 Å². The van der Waals surface area contributed by atoms with Gasteiger partial charge in [-0.05, 0) is 35.1 Å². The van der Waals surface area contributed by atoms with Gasteiger partial charge in [-0.2, -0.15) is 0 Å². The average Bonchev–Trinajstić information content (AvgIpc) is 3.82. The third-order valence-corrected chi connectivity index (χ3v) is 9.13. The highest BCUT2D eigenvalue weighted by Gasteiger charge is 2.61. The maximum atomic E-state index is 14.0. The Hall–Kier alpha value is -5.17. The molecule has 2 aromatic carbocycles. The fourth-order valence-electron chi connectivity index (χ4n) is 6.67. The molecule has 13 nitrogen and oxygen atoms in total. The Bertz CT molecular complexity index is 1910. The quantitative estimate of drug-likeness (QED) is 0.213. The summed E-state index contributed by atoms with van der Waals surface area (Å²) in [7, 11) is 0. The lowest BCUT2D eigenvalue weighted by Gasteiger charge is -2.29. The van der Waals surface area contributed by atoms with Gasteiger partial charge in [-0.3, -0.25) is 14.4 Å². The maximum absolute atomic E-state index is 14.0. The number of benzene rings is 2. The van der Waals surface area contributed by atoms with Gasteiger partial charge >= 0.3 is 5.97 Å². The van der Waals surface area contributed by atoms with Crippen molar-refractivity contribution in [2.45, 2.75) is 77.5 Å². The van der Waals surface area contributed by atoms with Crippen LogP contribution in [0.1, 0.15) is 74.7 Å². The number of esters is 1.